The van der Waals surface area contributed by atoms with E-state index in [0.29, 0.717) is 11.1 Å². The second kappa shape index (κ2) is 5.21. The van der Waals surface area contributed by atoms with Gasteiger partial charge in [-0.25, -0.2) is 4.39 Å². The molecule has 2 aromatic rings. The maximum absolute atomic E-state index is 13.5. The van der Waals surface area contributed by atoms with Gasteiger partial charge in [0.05, 0.1) is 5.02 Å². The first-order valence-electron chi connectivity index (χ1n) is 5.74. The first kappa shape index (κ1) is 13.9. The molecule has 5 heteroatoms. The molecule has 19 heavy (non-hydrogen) atoms. The zero-order valence-corrected chi connectivity index (χ0v) is 10.9. The summed E-state index contributed by atoms with van der Waals surface area (Å²) in [6, 6.07) is 7.08. The zero-order valence-electron chi connectivity index (χ0n) is 10.1. The molecule has 0 aliphatic rings. The molecule has 2 rings (SSSR count). The van der Waals surface area contributed by atoms with Crippen molar-refractivity contribution in [2.45, 2.75) is 19.3 Å². The van der Waals surface area contributed by atoms with E-state index in [1.54, 1.807) is 12.1 Å². The highest BCUT2D eigenvalue weighted by Crippen LogP contribution is 2.36. The smallest absolute Gasteiger partial charge is 0.253 e. The Morgan fingerprint density at radius 3 is 2.32 bits per heavy atom. The van der Waals surface area contributed by atoms with Crippen LogP contribution < -0.4 is 0 Å². The molecule has 1 nitrogen and oxygen atoms in total. The van der Waals surface area contributed by atoms with E-state index in [1.807, 2.05) is 0 Å². The van der Waals surface area contributed by atoms with Crippen molar-refractivity contribution in [2.75, 3.05) is 0 Å². The van der Waals surface area contributed by atoms with Crippen LogP contribution in [0.5, 0.6) is 0 Å². The van der Waals surface area contributed by atoms with E-state index >= 15 is 0 Å². The van der Waals surface area contributed by atoms with Crippen molar-refractivity contribution >= 4 is 11.6 Å². The van der Waals surface area contributed by atoms with Gasteiger partial charge in [0.15, 0.2) is 0 Å². The van der Waals surface area contributed by atoms with Crippen molar-refractivity contribution in [1.82, 2.24) is 4.98 Å². The third-order valence-corrected chi connectivity index (χ3v) is 3.10. The fourth-order valence-electron chi connectivity index (χ4n) is 1.67. The summed E-state index contributed by atoms with van der Waals surface area (Å²) < 4.78 is 39.9. The summed E-state index contributed by atoms with van der Waals surface area (Å²) in [6.07, 6.45) is 0.952. The molecule has 1 heterocycles. The van der Waals surface area contributed by atoms with E-state index in [2.05, 4.69) is 4.98 Å². The van der Waals surface area contributed by atoms with E-state index in [-0.39, 0.29) is 17.3 Å². The Labute approximate surface area is 114 Å². The van der Waals surface area contributed by atoms with Crippen LogP contribution in [0.4, 0.5) is 13.2 Å². The number of benzene rings is 1. The second-order valence-corrected chi connectivity index (χ2v) is 4.53. The number of alkyl halides is 2. The van der Waals surface area contributed by atoms with Crippen LogP contribution in [0.15, 0.2) is 36.5 Å². The minimum atomic E-state index is -3.04. The van der Waals surface area contributed by atoms with Crippen LogP contribution in [0.1, 0.15) is 19.0 Å². The summed E-state index contributed by atoms with van der Waals surface area (Å²) in [4.78, 5) is 3.74. The van der Waals surface area contributed by atoms with Gasteiger partial charge in [-0.1, -0.05) is 30.7 Å². The van der Waals surface area contributed by atoms with Crippen molar-refractivity contribution in [1.29, 1.82) is 0 Å². The van der Waals surface area contributed by atoms with Crippen molar-refractivity contribution in [2.24, 2.45) is 0 Å². The van der Waals surface area contributed by atoms with E-state index in [0.717, 1.165) is 0 Å². The third-order valence-electron chi connectivity index (χ3n) is 2.81. The lowest BCUT2D eigenvalue weighted by Crippen LogP contribution is -2.14. The Hall–Kier alpha value is -1.55. The number of aromatic nitrogens is 1. The molecular formula is C14H11ClF3N. The largest absolute Gasteiger partial charge is 0.290 e. The Morgan fingerprint density at radius 2 is 1.79 bits per heavy atom. The lowest BCUT2D eigenvalue weighted by Gasteiger charge is -2.15. The molecule has 0 atom stereocenters. The molecule has 0 fully saturated rings. The normalized spacial score (nSPS) is 11.6. The monoisotopic (exact) mass is 285 g/mol. The van der Waals surface area contributed by atoms with Crippen LogP contribution in [-0.2, 0) is 5.92 Å². The molecular weight excluding hydrogens is 275 g/mol. The summed E-state index contributed by atoms with van der Waals surface area (Å²) in [5.74, 6) is -3.41. The van der Waals surface area contributed by atoms with Crippen LogP contribution >= 0.6 is 11.6 Å². The van der Waals surface area contributed by atoms with Gasteiger partial charge >= 0.3 is 0 Å². The molecule has 0 unspecified atom stereocenters. The van der Waals surface area contributed by atoms with Crippen LogP contribution in [0.3, 0.4) is 0 Å². The number of hydrogen-bond donors (Lipinski definition) is 0. The quantitative estimate of drug-likeness (QED) is 0.769. The zero-order chi connectivity index (χ0) is 14.0. The number of halogens is 4. The summed E-state index contributed by atoms with van der Waals surface area (Å²) in [5.41, 5.74) is 0.811. The molecule has 0 saturated carbocycles. The van der Waals surface area contributed by atoms with Crippen LogP contribution in [-0.4, -0.2) is 4.98 Å². The molecule has 0 spiro atoms. The molecule has 1 aromatic carbocycles. The van der Waals surface area contributed by atoms with Gasteiger partial charge in [-0.15, -0.1) is 0 Å². The second-order valence-electron chi connectivity index (χ2n) is 4.12. The Balaban J connectivity index is 2.41. The molecule has 0 bridgehead atoms. The van der Waals surface area contributed by atoms with Crippen LogP contribution in [0.25, 0.3) is 11.1 Å². The van der Waals surface area contributed by atoms with Gasteiger partial charge < -0.3 is 0 Å². The summed E-state index contributed by atoms with van der Waals surface area (Å²) in [7, 11) is 0. The van der Waals surface area contributed by atoms with Crippen molar-refractivity contribution in [3.05, 3.63) is 53.1 Å². The van der Waals surface area contributed by atoms with Gasteiger partial charge in [-0.3, -0.25) is 4.98 Å². The predicted molar refractivity (Wildman–Crippen MR) is 68.8 cm³/mol. The average Bonchev–Trinajstić information content (AvgIpc) is 2.39. The first-order valence-corrected chi connectivity index (χ1v) is 6.11. The molecule has 0 saturated heterocycles. The van der Waals surface area contributed by atoms with Gasteiger partial charge in [0.2, 0.25) is 0 Å². The molecule has 0 aliphatic heterocycles. The maximum Gasteiger partial charge on any atom is 0.290 e. The topological polar surface area (TPSA) is 12.9 Å². The molecule has 0 N–H and O–H groups in total. The highest BCUT2D eigenvalue weighted by Gasteiger charge is 2.33. The van der Waals surface area contributed by atoms with Gasteiger partial charge in [0.25, 0.3) is 5.92 Å². The highest BCUT2D eigenvalue weighted by atomic mass is 35.5. The Morgan fingerprint density at radius 1 is 1.16 bits per heavy atom. The lowest BCUT2D eigenvalue weighted by atomic mass is 10.1. The van der Waals surface area contributed by atoms with E-state index in [1.165, 1.54) is 31.3 Å². The van der Waals surface area contributed by atoms with Crippen molar-refractivity contribution in [3.8, 4) is 11.1 Å². The fraction of sp³-hybridized carbons (Fsp3) is 0.214. The molecule has 0 radical (unpaired) electrons. The SMILES string of the molecule is CCC(F)(F)c1ncc(-c2ccc(F)cc2)cc1Cl. The van der Waals surface area contributed by atoms with Gasteiger partial charge in [-0.2, -0.15) is 8.78 Å². The predicted octanol–water partition coefficient (Wildman–Crippen LogP) is 5.04. The maximum atomic E-state index is 13.5. The number of nitrogens with zero attached hydrogens (tertiary/aromatic N) is 1. The summed E-state index contributed by atoms with van der Waals surface area (Å²) in [5, 5.41) is -0.0892. The van der Waals surface area contributed by atoms with Crippen LogP contribution in [0.2, 0.25) is 5.02 Å². The Bertz CT molecular complexity index is 582. The Kier molecular flexibility index (Phi) is 3.80. The summed E-state index contributed by atoms with van der Waals surface area (Å²) in [6.45, 7) is 1.37. The van der Waals surface area contributed by atoms with Crippen molar-refractivity contribution < 1.29 is 13.2 Å². The minimum absolute atomic E-state index is 0.0892. The standard InChI is InChI=1S/C14H11ClF3N/c1-2-14(17,18)13-12(15)7-10(8-19-13)9-3-5-11(16)6-4-9/h3-8H,2H2,1H3. The number of pyridine rings is 1. The highest BCUT2D eigenvalue weighted by molar-refractivity contribution is 6.31. The molecule has 0 amide bonds. The van der Waals surface area contributed by atoms with Crippen molar-refractivity contribution in [3.63, 3.8) is 0 Å². The number of hydrogen-bond acceptors (Lipinski definition) is 1. The van der Waals surface area contributed by atoms with Gasteiger partial charge in [0, 0.05) is 18.2 Å². The van der Waals surface area contributed by atoms with E-state index in [4.69, 9.17) is 11.6 Å². The lowest BCUT2D eigenvalue weighted by molar-refractivity contribution is -0.0126. The van der Waals surface area contributed by atoms with E-state index < -0.39 is 11.6 Å². The number of rotatable bonds is 3. The average molecular weight is 286 g/mol. The molecule has 0 aliphatic carbocycles. The third kappa shape index (κ3) is 2.89. The minimum Gasteiger partial charge on any atom is -0.253 e. The van der Waals surface area contributed by atoms with Gasteiger partial charge in [-0.05, 0) is 23.8 Å². The fourth-order valence-corrected chi connectivity index (χ4v) is 1.98. The van der Waals surface area contributed by atoms with Gasteiger partial charge in [0.1, 0.15) is 11.5 Å². The summed E-state index contributed by atoms with van der Waals surface area (Å²) >= 11 is 5.86. The first-order chi connectivity index (χ1) is 8.94. The molecule has 100 valence electrons. The van der Waals surface area contributed by atoms with Crippen LogP contribution in [0, 0.1) is 5.82 Å². The molecule has 1 aromatic heterocycles. The van der Waals surface area contributed by atoms with E-state index in [9.17, 15) is 13.2 Å².